The van der Waals surface area contributed by atoms with Gasteiger partial charge in [0.05, 0.1) is 12.7 Å². The van der Waals surface area contributed by atoms with Crippen LogP contribution in [0.4, 0.5) is 0 Å². The van der Waals surface area contributed by atoms with Crippen LogP contribution in [-0.2, 0) is 15.9 Å². The molecular formula is C14H20O5. The second kappa shape index (κ2) is 6.45. The number of hydrogen-bond acceptors (Lipinski definition) is 5. The number of hydrogen-bond donors (Lipinski definition) is 3. The smallest absolute Gasteiger partial charge is 0.186 e. The molecule has 1 aliphatic rings. The van der Waals surface area contributed by atoms with Crippen molar-refractivity contribution in [3.63, 3.8) is 0 Å². The van der Waals surface area contributed by atoms with E-state index in [9.17, 15) is 15.3 Å². The molecule has 1 saturated heterocycles. The molecule has 0 radical (unpaired) electrons. The molecule has 0 aromatic heterocycles. The van der Waals surface area contributed by atoms with Crippen LogP contribution in [0.25, 0.3) is 0 Å². The molecule has 1 fully saturated rings. The van der Waals surface area contributed by atoms with E-state index in [-0.39, 0.29) is 0 Å². The van der Waals surface area contributed by atoms with E-state index < -0.39 is 30.7 Å². The molecule has 2 rings (SSSR count). The first-order valence-corrected chi connectivity index (χ1v) is 6.45. The molecule has 0 aliphatic carbocycles. The fourth-order valence-electron chi connectivity index (χ4n) is 2.09. The van der Waals surface area contributed by atoms with E-state index in [0.717, 1.165) is 5.56 Å². The maximum absolute atomic E-state index is 9.76. The van der Waals surface area contributed by atoms with Crippen LogP contribution in [0.3, 0.4) is 0 Å². The number of rotatable bonds is 4. The standard InChI is InChI=1S/C14H20O5/c1-9-11(15)12(16)13(17)14(19-9)18-8-7-10-5-3-2-4-6-10/h2-6,9,11-17H,7-8H2,1H3/t9-,11-,12+,13+,14+/m0/s1. The van der Waals surface area contributed by atoms with Crippen molar-refractivity contribution >= 4 is 0 Å². The lowest BCUT2D eigenvalue weighted by Gasteiger charge is -2.38. The lowest BCUT2D eigenvalue weighted by Crippen LogP contribution is -2.57. The number of ether oxygens (including phenoxy) is 2. The highest BCUT2D eigenvalue weighted by Gasteiger charge is 2.42. The quantitative estimate of drug-likeness (QED) is 0.720. The van der Waals surface area contributed by atoms with Gasteiger partial charge in [-0.05, 0) is 18.9 Å². The molecule has 106 valence electrons. The van der Waals surface area contributed by atoms with Crippen LogP contribution in [0.5, 0.6) is 0 Å². The van der Waals surface area contributed by atoms with Gasteiger partial charge in [0.25, 0.3) is 0 Å². The van der Waals surface area contributed by atoms with Gasteiger partial charge < -0.3 is 24.8 Å². The Hall–Kier alpha value is -0.980. The van der Waals surface area contributed by atoms with E-state index in [4.69, 9.17) is 9.47 Å². The molecule has 3 N–H and O–H groups in total. The average molecular weight is 268 g/mol. The molecule has 5 nitrogen and oxygen atoms in total. The van der Waals surface area contributed by atoms with Crippen LogP contribution in [-0.4, -0.2) is 52.6 Å². The normalized spacial score (nSPS) is 35.3. The van der Waals surface area contributed by atoms with Crippen LogP contribution >= 0.6 is 0 Å². The zero-order valence-electron chi connectivity index (χ0n) is 10.8. The molecule has 0 saturated carbocycles. The molecule has 0 amide bonds. The van der Waals surface area contributed by atoms with Crippen molar-refractivity contribution in [2.45, 2.75) is 44.1 Å². The third kappa shape index (κ3) is 3.52. The third-order valence-corrected chi connectivity index (χ3v) is 3.32. The second-order valence-corrected chi connectivity index (χ2v) is 4.79. The molecule has 1 aromatic rings. The average Bonchev–Trinajstić information content (AvgIpc) is 2.43. The summed E-state index contributed by atoms with van der Waals surface area (Å²) in [5.41, 5.74) is 1.13. The number of aliphatic hydroxyl groups is 3. The number of benzene rings is 1. The Balaban J connectivity index is 1.82. The molecule has 0 spiro atoms. The van der Waals surface area contributed by atoms with Crippen LogP contribution in [0, 0.1) is 0 Å². The molecule has 5 heteroatoms. The fourth-order valence-corrected chi connectivity index (χ4v) is 2.09. The predicted molar refractivity (Wildman–Crippen MR) is 68.5 cm³/mol. The second-order valence-electron chi connectivity index (χ2n) is 4.79. The highest BCUT2D eigenvalue weighted by atomic mass is 16.7. The van der Waals surface area contributed by atoms with Crippen molar-refractivity contribution in [1.29, 1.82) is 0 Å². The van der Waals surface area contributed by atoms with Crippen molar-refractivity contribution < 1.29 is 24.8 Å². The van der Waals surface area contributed by atoms with E-state index in [1.165, 1.54) is 0 Å². The van der Waals surface area contributed by atoms with E-state index in [1.54, 1.807) is 6.92 Å². The Labute approximate surface area is 112 Å². The summed E-state index contributed by atoms with van der Waals surface area (Å²) in [6.45, 7) is 2.01. The molecule has 0 bridgehead atoms. The first-order chi connectivity index (χ1) is 9.09. The van der Waals surface area contributed by atoms with Gasteiger partial charge in [-0.1, -0.05) is 30.3 Å². The molecule has 1 heterocycles. The largest absolute Gasteiger partial charge is 0.388 e. The van der Waals surface area contributed by atoms with Gasteiger partial charge in [-0.15, -0.1) is 0 Å². The maximum atomic E-state index is 9.76. The van der Waals surface area contributed by atoms with Gasteiger partial charge in [0.2, 0.25) is 0 Å². The minimum atomic E-state index is -1.24. The zero-order chi connectivity index (χ0) is 13.8. The first kappa shape index (κ1) is 14.4. The Morgan fingerprint density at radius 1 is 1.05 bits per heavy atom. The van der Waals surface area contributed by atoms with Gasteiger partial charge in [-0.25, -0.2) is 0 Å². The molecule has 19 heavy (non-hydrogen) atoms. The molecule has 1 aliphatic heterocycles. The summed E-state index contributed by atoms with van der Waals surface area (Å²) in [4.78, 5) is 0. The van der Waals surface area contributed by atoms with E-state index >= 15 is 0 Å². The van der Waals surface area contributed by atoms with Crippen LogP contribution in [0.1, 0.15) is 12.5 Å². The van der Waals surface area contributed by atoms with Crippen molar-refractivity contribution in [1.82, 2.24) is 0 Å². The molecule has 5 atom stereocenters. The van der Waals surface area contributed by atoms with E-state index in [0.29, 0.717) is 13.0 Å². The Bertz CT molecular complexity index is 383. The maximum Gasteiger partial charge on any atom is 0.186 e. The molecule has 1 aromatic carbocycles. The van der Waals surface area contributed by atoms with Crippen molar-refractivity contribution in [2.24, 2.45) is 0 Å². The summed E-state index contributed by atoms with van der Waals surface area (Å²) < 4.78 is 10.8. The Morgan fingerprint density at radius 2 is 1.74 bits per heavy atom. The molecular weight excluding hydrogens is 248 g/mol. The lowest BCUT2D eigenvalue weighted by atomic mass is 10.00. The van der Waals surface area contributed by atoms with Crippen LogP contribution in [0.2, 0.25) is 0 Å². The summed E-state index contributed by atoms with van der Waals surface area (Å²) in [6, 6.07) is 9.82. The minimum Gasteiger partial charge on any atom is -0.388 e. The highest BCUT2D eigenvalue weighted by Crippen LogP contribution is 2.21. The molecule has 0 unspecified atom stereocenters. The van der Waals surface area contributed by atoms with Gasteiger partial charge in [-0.2, -0.15) is 0 Å². The summed E-state index contributed by atoms with van der Waals surface area (Å²) in [5.74, 6) is 0. The summed E-state index contributed by atoms with van der Waals surface area (Å²) >= 11 is 0. The summed E-state index contributed by atoms with van der Waals surface area (Å²) in [6.07, 6.45) is -4.35. The summed E-state index contributed by atoms with van der Waals surface area (Å²) in [7, 11) is 0. The topological polar surface area (TPSA) is 79.2 Å². The van der Waals surface area contributed by atoms with Crippen molar-refractivity contribution in [2.75, 3.05) is 6.61 Å². The Kier molecular flexibility index (Phi) is 4.90. The van der Waals surface area contributed by atoms with Crippen molar-refractivity contribution in [3.05, 3.63) is 35.9 Å². The minimum absolute atomic E-state index is 0.376. The predicted octanol–water partition coefficient (Wildman–Crippen LogP) is 0.0732. The van der Waals surface area contributed by atoms with E-state index in [2.05, 4.69) is 0 Å². The third-order valence-electron chi connectivity index (χ3n) is 3.32. The van der Waals surface area contributed by atoms with Gasteiger partial charge in [0, 0.05) is 0 Å². The highest BCUT2D eigenvalue weighted by molar-refractivity contribution is 5.14. The van der Waals surface area contributed by atoms with Gasteiger partial charge in [-0.3, -0.25) is 0 Å². The van der Waals surface area contributed by atoms with Crippen LogP contribution < -0.4 is 0 Å². The lowest BCUT2D eigenvalue weighted by molar-refractivity contribution is -0.292. The van der Waals surface area contributed by atoms with Gasteiger partial charge >= 0.3 is 0 Å². The zero-order valence-corrected chi connectivity index (χ0v) is 10.8. The summed E-state index contributed by atoms with van der Waals surface area (Å²) in [5, 5.41) is 29.0. The first-order valence-electron chi connectivity index (χ1n) is 6.45. The van der Waals surface area contributed by atoms with Crippen molar-refractivity contribution in [3.8, 4) is 0 Å². The number of aliphatic hydroxyl groups excluding tert-OH is 3. The van der Waals surface area contributed by atoms with Gasteiger partial charge in [0.15, 0.2) is 6.29 Å². The van der Waals surface area contributed by atoms with E-state index in [1.807, 2.05) is 30.3 Å². The monoisotopic (exact) mass is 268 g/mol. The Morgan fingerprint density at radius 3 is 2.42 bits per heavy atom. The fraction of sp³-hybridized carbons (Fsp3) is 0.571. The van der Waals surface area contributed by atoms with Gasteiger partial charge in [0.1, 0.15) is 18.3 Å². The SMILES string of the molecule is C[C@@H]1O[C@@H](OCCc2ccccc2)[C@H](O)[C@H](O)[C@H]1O. The van der Waals surface area contributed by atoms with Crippen LogP contribution in [0.15, 0.2) is 30.3 Å².